The fourth-order valence-corrected chi connectivity index (χ4v) is 3.22. The van der Waals surface area contributed by atoms with E-state index in [-0.39, 0.29) is 0 Å². The quantitative estimate of drug-likeness (QED) is 0.847. The van der Waals surface area contributed by atoms with Gasteiger partial charge in [0.05, 0.1) is 13.7 Å². The first kappa shape index (κ1) is 15.8. The molecule has 2 heterocycles. The predicted molar refractivity (Wildman–Crippen MR) is 90.2 cm³/mol. The summed E-state index contributed by atoms with van der Waals surface area (Å²) in [6, 6.07) is 6.11. The Morgan fingerprint density at radius 2 is 2.22 bits per heavy atom. The smallest absolute Gasteiger partial charge is 0.164 e. The lowest BCUT2D eigenvalue weighted by molar-refractivity contribution is 0.210. The normalized spacial score (nSPS) is 16.6. The molecule has 4 nitrogen and oxygen atoms in total. The summed E-state index contributed by atoms with van der Waals surface area (Å²) in [4.78, 5) is 9.04. The van der Waals surface area contributed by atoms with Gasteiger partial charge in [0.2, 0.25) is 0 Å². The molecular weight excluding hydrogens is 288 g/mol. The lowest BCUT2D eigenvalue weighted by Crippen LogP contribution is -2.24. The molecule has 0 unspecified atom stereocenters. The summed E-state index contributed by atoms with van der Waals surface area (Å²) in [5.41, 5.74) is 3.68. The molecule has 1 aromatic heterocycles. The van der Waals surface area contributed by atoms with Gasteiger partial charge >= 0.3 is 0 Å². The lowest BCUT2D eigenvalue weighted by Gasteiger charge is -2.26. The molecular formula is C19H24N2O2. The van der Waals surface area contributed by atoms with Gasteiger partial charge in [-0.2, -0.15) is 0 Å². The maximum absolute atomic E-state index is 5.99. The van der Waals surface area contributed by atoms with Crippen LogP contribution in [0.15, 0.2) is 24.4 Å². The van der Waals surface area contributed by atoms with Gasteiger partial charge in [0.25, 0.3) is 0 Å². The summed E-state index contributed by atoms with van der Waals surface area (Å²) < 4.78 is 11.4. The van der Waals surface area contributed by atoms with Crippen LogP contribution in [-0.4, -0.2) is 23.7 Å². The van der Waals surface area contributed by atoms with E-state index in [0.29, 0.717) is 12.5 Å². The highest BCUT2D eigenvalue weighted by atomic mass is 16.5. The number of hydrogen-bond donors (Lipinski definition) is 0. The average molecular weight is 312 g/mol. The molecule has 1 aliphatic rings. The van der Waals surface area contributed by atoms with Crippen molar-refractivity contribution in [1.29, 1.82) is 0 Å². The molecule has 0 saturated heterocycles. The van der Waals surface area contributed by atoms with Crippen molar-refractivity contribution >= 4 is 0 Å². The molecule has 1 atom stereocenters. The van der Waals surface area contributed by atoms with Crippen LogP contribution in [0, 0.1) is 12.8 Å². The molecule has 2 aromatic rings. The van der Waals surface area contributed by atoms with Crippen molar-refractivity contribution < 1.29 is 9.47 Å². The molecule has 3 rings (SSSR count). The number of benzene rings is 1. The topological polar surface area (TPSA) is 44.2 Å². The third kappa shape index (κ3) is 3.46. The van der Waals surface area contributed by atoms with E-state index in [1.54, 1.807) is 7.11 Å². The molecule has 0 bridgehead atoms. The van der Waals surface area contributed by atoms with Crippen molar-refractivity contribution in [2.75, 3.05) is 13.7 Å². The SMILES string of the molecule is CCCc1cnc(C)nc1C[C@@H]1COc2c(cccc2OC)C1. The zero-order valence-corrected chi connectivity index (χ0v) is 14.1. The highest BCUT2D eigenvalue weighted by Gasteiger charge is 2.24. The predicted octanol–water partition coefficient (Wildman–Crippen LogP) is 3.54. The molecule has 0 radical (unpaired) electrons. The van der Waals surface area contributed by atoms with E-state index in [9.17, 15) is 0 Å². The number of rotatable bonds is 5. The second-order valence-electron chi connectivity index (χ2n) is 6.17. The number of nitrogens with zero attached hydrogens (tertiary/aromatic N) is 2. The standard InChI is InChI=1S/C19H24N2O2/c1-4-6-16-11-20-13(2)21-17(16)10-14-9-15-7-5-8-18(22-3)19(15)23-12-14/h5,7-8,11,14H,4,6,9-10,12H2,1-3H3/t14-/m1/s1. The minimum absolute atomic E-state index is 0.444. The molecule has 0 saturated carbocycles. The van der Waals surface area contributed by atoms with Crippen LogP contribution in [0.1, 0.15) is 36.0 Å². The van der Waals surface area contributed by atoms with Gasteiger partial charge < -0.3 is 9.47 Å². The van der Waals surface area contributed by atoms with Crippen LogP contribution in [0.25, 0.3) is 0 Å². The number of para-hydroxylation sites is 1. The Labute approximate surface area is 137 Å². The zero-order chi connectivity index (χ0) is 16.2. The monoisotopic (exact) mass is 312 g/mol. The van der Waals surface area contributed by atoms with Gasteiger partial charge in [-0.3, -0.25) is 0 Å². The Morgan fingerprint density at radius 3 is 3.00 bits per heavy atom. The Kier molecular flexibility index (Phi) is 4.79. The van der Waals surface area contributed by atoms with Crippen LogP contribution in [-0.2, 0) is 19.3 Å². The minimum Gasteiger partial charge on any atom is -0.493 e. The van der Waals surface area contributed by atoms with Gasteiger partial charge in [-0.25, -0.2) is 9.97 Å². The highest BCUT2D eigenvalue weighted by molar-refractivity contribution is 5.47. The van der Waals surface area contributed by atoms with E-state index >= 15 is 0 Å². The zero-order valence-electron chi connectivity index (χ0n) is 14.1. The fourth-order valence-electron chi connectivity index (χ4n) is 3.22. The van der Waals surface area contributed by atoms with Crippen LogP contribution >= 0.6 is 0 Å². The number of aromatic nitrogens is 2. The summed E-state index contributed by atoms with van der Waals surface area (Å²) >= 11 is 0. The van der Waals surface area contributed by atoms with E-state index < -0.39 is 0 Å². The third-order valence-electron chi connectivity index (χ3n) is 4.33. The molecule has 1 aromatic carbocycles. The van der Waals surface area contributed by atoms with E-state index in [1.165, 1.54) is 16.8 Å². The maximum atomic E-state index is 5.99. The van der Waals surface area contributed by atoms with Crippen molar-refractivity contribution in [3.8, 4) is 11.5 Å². The number of hydrogen-bond acceptors (Lipinski definition) is 4. The van der Waals surface area contributed by atoms with E-state index in [2.05, 4.69) is 23.0 Å². The summed E-state index contributed by atoms with van der Waals surface area (Å²) in [5, 5.41) is 0. The van der Waals surface area contributed by atoms with Crippen LogP contribution in [0.3, 0.4) is 0 Å². The van der Waals surface area contributed by atoms with Gasteiger partial charge in [0.15, 0.2) is 11.5 Å². The largest absolute Gasteiger partial charge is 0.493 e. The van der Waals surface area contributed by atoms with Crippen molar-refractivity contribution in [2.24, 2.45) is 5.92 Å². The average Bonchev–Trinajstić information content (AvgIpc) is 2.56. The first-order valence-corrected chi connectivity index (χ1v) is 8.31. The first-order chi connectivity index (χ1) is 11.2. The van der Waals surface area contributed by atoms with Gasteiger partial charge in [0.1, 0.15) is 5.82 Å². The van der Waals surface area contributed by atoms with Crippen molar-refractivity contribution in [1.82, 2.24) is 9.97 Å². The number of fused-ring (bicyclic) bond motifs is 1. The molecule has 4 heteroatoms. The molecule has 23 heavy (non-hydrogen) atoms. The third-order valence-corrected chi connectivity index (χ3v) is 4.33. The highest BCUT2D eigenvalue weighted by Crippen LogP contribution is 2.36. The Bertz CT molecular complexity index is 685. The first-order valence-electron chi connectivity index (χ1n) is 8.31. The van der Waals surface area contributed by atoms with E-state index in [1.807, 2.05) is 25.3 Å². The van der Waals surface area contributed by atoms with E-state index in [0.717, 1.165) is 43.0 Å². The van der Waals surface area contributed by atoms with Crippen molar-refractivity contribution in [2.45, 2.75) is 39.5 Å². The maximum Gasteiger partial charge on any atom is 0.164 e. The molecule has 122 valence electrons. The Balaban J connectivity index is 1.79. The molecule has 0 N–H and O–H groups in total. The van der Waals surface area contributed by atoms with Gasteiger partial charge in [-0.1, -0.05) is 25.5 Å². The summed E-state index contributed by atoms with van der Waals surface area (Å²) in [5.74, 6) is 3.02. The Morgan fingerprint density at radius 1 is 1.35 bits per heavy atom. The van der Waals surface area contributed by atoms with Gasteiger partial charge in [0, 0.05) is 17.8 Å². The minimum atomic E-state index is 0.444. The van der Waals surface area contributed by atoms with Gasteiger partial charge in [-0.05, 0) is 43.4 Å². The summed E-state index contributed by atoms with van der Waals surface area (Å²) in [7, 11) is 1.69. The van der Waals surface area contributed by atoms with Crippen LogP contribution < -0.4 is 9.47 Å². The molecule has 1 aliphatic heterocycles. The van der Waals surface area contributed by atoms with Crippen molar-refractivity contribution in [3.63, 3.8) is 0 Å². The second kappa shape index (κ2) is 6.99. The van der Waals surface area contributed by atoms with Gasteiger partial charge in [-0.15, -0.1) is 0 Å². The van der Waals surface area contributed by atoms with Crippen molar-refractivity contribution in [3.05, 3.63) is 47.0 Å². The second-order valence-corrected chi connectivity index (χ2v) is 6.17. The molecule has 0 amide bonds. The van der Waals surface area contributed by atoms with Crippen LogP contribution in [0.5, 0.6) is 11.5 Å². The fraction of sp³-hybridized carbons (Fsp3) is 0.474. The van der Waals surface area contributed by atoms with Crippen LogP contribution in [0.2, 0.25) is 0 Å². The number of methoxy groups -OCH3 is 1. The molecule has 0 spiro atoms. The molecule has 0 aliphatic carbocycles. The Hall–Kier alpha value is -2.10. The number of ether oxygens (including phenoxy) is 2. The summed E-state index contributed by atoms with van der Waals surface area (Å²) in [6.07, 6.45) is 6.08. The summed E-state index contributed by atoms with van der Waals surface area (Å²) in [6.45, 7) is 4.86. The van der Waals surface area contributed by atoms with Crippen LogP contribution in [0.4, 0.5) is 0 Å². The molecule has 0 fully saturated rings. The number of aryl methyl sites for hydroxylation is 2. The lowest BCUT2D eigenvalue weighted by atomic mass is 9.91. The van der Waals surface area contributed by atoms with E-state index in [4.69, 9.17) is 9.47 Å².